The van der Waals surface area contributed by atoms with Crippen molar-refractivity contribution in [1.29, 1.82) is 0 Å². The average molecular weight is 125 g/mol. The van der Waals surface area contributed by atoms with Gasteiger partial charge in [0, 0.05) is 19.3 Å². The van der Waals surface area contributed by atoms with Crippen LogP contribution in [0.2, 0.25) is 0 Å². The fraction of sp³-hybridized carbons (Fsp3) is 0.167. The summed E-state index contributed by atoms with van der Waals surface area (Å²) in [5, 5.41) is 2.58. The van der Waals surface area contributed by atoms with Crippen molar-refractivity contribution in [3.8, 4) is 0 Å². The molecule has 0 fully saturated rings. The van der Waals surface area contributed by atoms with E-state index in [1.54, 1.807) is 7.05 Å². The molecule has 3 heteroatoms. The molecule has 1 radical (unpaired) electrons. The SMILES string of the molecule is CNc1ncc[c]c1F. The van der Waals surface area contributed by atoms with E-state index in [0.717, 1.165) is 0 Å². The molecule has 1 heterocycles. The maximum absolute atomic E-state index is 12.4. The van der Waals surface area contributed by atoms with Gasteiger partial charge in [0.15, 0.2) is 11.6 Å². The number of pyridine rings is 1. The highest BCUT2D eigenvalue weighted by molar-refractivity contribution is 5.33. The Morgan fingerprint density at radius 1 is 1.78 bits per heavy atom. The lowest BCUT2D eigenvalue weighted by Gasteiger charge is -1.96. The Morgan fingerprint density at radius 3 is 3.00 bits per heavy atom. The molecule has 0 spiro atoms. The lowest BCUT2D eigenvalue weighted by molar-refractivity contribution is 0.623. The van der Waals surface area contributed by atoms with Crippen molar-refractivity contribution in [2.24, 2.45) is 0 Å². The van der Waals surface area contributed by atoms with Crippen molar-refractivity contribution in [3.05, 3.63) is 24.1 Å². The van der Waals surface area contributed by atoms with Gasteiger partial charge in [-0.1, -0.05) is 0 Å². The quantitative estimate of drug-likeness (QED) is 0.607. The van der Waals surface area contributed by atoms with Crippen LogP contribution in [0.5, 0.6) is 0 Å². The van der Waals surface area contributed by atoms with Crippen LogP contribution in [0, 0.1) is 11.9 Å². The molecular weight excluding hydrogens is 119 g/mol. The summed E-state index contributed by atoms with van der Waals surface area (Å²) in [6.45, 7) is 0. The van der Waals surface area contributed by atoms with Crippen molar-refractivity contribution in [2.45, 2.75) is 0 Å². The molecule has 0 bridgehead atoms. The summed E-state index contributed by atoms with van der Waals surface area (Å²) in [6.07, 6.45) is 1.48. The molecule has 1 aromatic rings. The van der Waals surface area contributed by atoms with E-state index >= 15 is 0 Å². The number of hydrogen-bond acceptors (Lipinski definition) is 2. The van der Waals surface area contributed by atoms with Gasteiger partial charge in [-0.3, -0.25) is 0 Å². The number of anilines is 1. The number of rotatable bonds is 1. The molecule has 0 amide bonds. The third kappa shape index (κ3) is 1.16. The van der Waals surface area contributed by atoms with Gasteiger partial charge in [0.1, 0.15) is 0 Å². The first-order chi connectivity index (χ1) is 4.34. The summed E-state index contributed by atoms with van der Waals surface area (Å²) in [5.74, 6) is -0.211. The third-order valence-electron chi connectivity index (χ3n) is 0.933. The number of aromatic nitrogens is 1. The van der Waals surface area contributed by atoms with Crippen LogP contribution in [0.3, 0.4) is 0 Å². The van der Waals surface area contributed by atoms with E-state index in [2.05, 4.69) is 16.4 Å². The van der Waals surface area contributed by atoms with Crippen LogP contribution in [-0.2, 0) is 0 Å². The Kier molecular flexibility index (Phi) is 1.63. The van der Waals surface area contributed by atoms with Crippen LogP contribution in [0.25, 0.3) is 0 Å². The first-order valence-corrected chi connectivity index (χ1v) is 2.54. The van der Waals surface area contributed by atoms with E-state index in [1.807, 2.05) is 0 Å². The molecule has 47 valence electrons. The van der Waals surface area contributed by atoms with Crippen molar-refractivity contribution in [2.75, 3.05) is 12.4 Å². The first-order valence-electron chi connectivity index (χ1n) is 2.54. The minimum absolute atomic E-state index is 0.234. The van der Waals surface area contributed by atoms with Crippen LogP contribution < -0.4 is 5.32 Å². The lowest BCUT2D eigenvalue weighted by Crippen LogP contribution is -1.94. The molecule has 0 saturated heterocycles. The highest BCUT2D eigenvalue weighted by Crippen LogP contribution is 2.04. The predicted molar refractivity (Wildman–Crippen MR) is 32.6 cm³/mol. The highest BCUT2D eigenvalue weighted by atomic mass is 19.1. The van der Waals surface area contributed by atoms with E-state index in [1.165, 1.54) is 12.3 Å². The minimum Gasteiger partial charge on any atom is -0.371 e. The van der Waals surface area contributed by atoms with Crippen molar-refractivity contribution >= 4 is 5.82 Å². The van der Waals surface area contributed by atoms with Gasteiger partial charge < -0.3 is 5.32 Å². The Bertz CT molecular complexity index is 200. The van der Waals surface area contributed by atoms with Gasteiger partial charge in [-0.2, -0.15) is 0 Å². The molecule has 0 aromatic carbocycles. The molecular formula is C6H6FN2. The molecule has 0 saturated carbocycles. The van der Waals surface area contributed by atoms with Crippen LogP contribution >= 0.6 is 0 Å². The highest BCUT2D eigenvalue weighted by Gasteiger charge is 1.95. The third-order valence-corrected chi connectivity index (χ3v) is 0.933. The summed E-state index contributed by atoms with van der Waals surface area (Å²) in [4.78, 5) is 3.68. The van der Waals surface area contributed by atoms with E-state index in [0.29, 0.717) is 0 Å². The standard InChI is InChI=1S/C6H6FN2/c1-8-6-5(7)3-2-4-9-6/h2,4H,1H3,(H,8,9). The molecule has 2 nitrogen and oxygen atoms in total. The number of nitrogens with one attached hydrogen (secondary N) is 1. The summed E-state index contributed by atoms with van der Waals surface area (Å²) in [5.41, 5.74) is 0. The second-order valence-corrected chi connectivity index (χ2v) is 1.50. The molecule has 0 aliphatic rings. The largest absolute Gasteiger partial charge is 0.371 e. The number of hydrogen-bond donors (Lipinski definition) is 1. The zero-order valence-electron chi connectivity index (χ0n) is 4.98. The number of halogens is 1. The normalized spacial score (nSPS) is 9.11. The van der Waals surface area contributed by atoms with Gasteiger partial charge in [0.2, 0.25) is 0 Å². The minimum atomic E-state index is -0.444. The maximum atomic E-state index is 12.4. The first kappa shape index (κ1) is 6.01. The van der Waals surface area contributed by atoms with Crippen LogP contribution in [0.4, 0.5) is 10.2 Å². The zero-order valence-corrected chi connectivity index (χ0v) is 4.98. The Hall–Kier alpha value is -1.12. The Balaban J connectivity index is 3.01. The fourth-order valence-electron chi connectivity index (χ4n) is 0.522. The van der Waals surface area contributed by atoms with Gasteiger partial charge in [0.05, 0.1) is 0 Å². The topological polar surface area (TPSA) is 24.9 Å². The molecule has 1 rings (SSSR count). The van der Waals surface area contributed by atoms with Gasteiger partial charge in [0.25, 0.3) is 0 Å². The monoisotopic (exact) mass is 125 g/mol. The summed E-state index contributed by atoms with van der Waals surface area (Å²) in [6, 6.07) is 3.79. The van der Waals surface area contributed by atoms with Crippen molar-refractivity contribution in [1.82, 2.24) is 4.98 Å². The van der Waals surface area contributed by atoms with Crippen LogP contribution in [0.1, 0.15) is 0 Å². The molecule has 9 heavy (non-hydrogen) atoms. The zero-order chi connectivity index (χ0) is 6.69. The van der Waals surface area contributed by atoms with Gasteiger partial charge in [-0.15, -0.1) is 0 Å². The van der Waals surface area contributed by atoms with E-state index in [4.69, 9.17) is 0 Å². The Morgan fingerprint density at radius 2 is 2.56 bits per heavy atom. The Labute approximate surface area is 52.7 Å². The summed E-state index contributed by atoms with van der Waals surface area (Å²) in [7, 11) is 1.61. The van der Waals surface area contributed by atoms with Crippen LogP contribution in [0.15, 0.2) is 12.3 Å². The summed E-state index contributed by atoms with van der Waals surface area (Å²) < 4.78 is 12.4. The lowest BCUT2D eigenvalue weighted by atomic mass is 10.4. The second-order valence-electron chi connectivity index (χ2n) is 1.50. The van der Waals surface area contributed by atoms with Crippen molar-refractivity contribution < 1.29 is 4.39 Å². The van der Waals surface area contributed by atoms with Gasteiger partial charge >= 0.3 is 0 Å². The van der Waals surface area contributed by atoms with Crippen LogP contribution in [-0.4, -0.2) is 12.0 Å². The molecule has 0 aliphatic heterocycles. The molecule has 1 N–H and O–H groups in total. The summed E-state index contributed by atoms with van der Waals surface area (Å²) >= 11 is 0. The van der Waals surface area contributed by atoms with Gasteiger partial charge in [-0.25, -0.2) is 9.37 Å². The molecule has 0 unspecified atom stereocenters. The van der Waals surface area contributed by atoms with E-state index < -0.39 is 5.82 Å². The molecule has 0 atom stereocenters. The van der Waals surface area contributed by atoms with E-state index in [9.17, 15) is 4.39 Å². The predicted octanol–water partition coefficient (Wildman–Crippen LogP) is 1.06. The van der Waals surface area contributed by atoms with E-state index in [-0.39, 0.29) is 5.82 Å². The average Bonchev–Trinajstić information content (AvgIpc) is 1.89. The molecule has 1 aromatic heterocycles. The fourth-order valence-corrected chi connectivity index (χ4v) is 0.522. The molecule has 0 aliphatic carbocycles. The van der Waals surface area contributed by atoms with Gasteiger partial charge in [-0.05, 0) is 6.07 Å². The maximum Gasteiger partial charge on any atom is 0.173 e. The second kappa shape index (κ2) is 2.44. The smallest absolute Gasteiger partial charge is 0.173 e. The van der Waals surface area contributed by atoms with Crippen molar-refractivity contribution in [3.63, 3.8) is 0 Å². The number of nitrogens with zero attached hydrogens (tertiary/aromatic N) is 1.